The number of aliphatic hydroxyl groups excluding tert-OH is 1. The molecule has 1 rings (SSSR count). The first-order valence-electron chi connectivity index (χ1n) is 10.0. The summed E-state index contributed by atoms with van der Waals surface area (Å²) < 4.78 is 0. The maximum absolute atomic E-state index is 10.3. The number of hydrogen-bond acceptors (Lipinski definition) is 2. The monoisotopic (exact) mass is 333 g/mol. The second kappa shape index (κ2) is 11.7. The van der Waals surface area contributed by atoms with Crippen LogP contribution in [0.2, 0.25) is 0 Å². The summed E-state index contributed by atoms with van der Waals surface area (Å²) in [4.78, 5) is 0. The quantitative estimate of drug-likeness (QED) is 0.489. The summed E-state index contributed by atoms with van der Waals surface area (Å²) in [5.74, 6) is 0. The first-order chi connectivity index (χ1) is 11.6. The average molecular weight is 334 g/mol. The Morgan fingerprint density at radius 2 is 1.62 bits per heavy atom. The minimum absolute atomic E-state index is 0.357. The van der Waals surface area contributed by atoms with Crippen LogP contribution in [-0.2, 0) is 6.42 Å². The van der Waals surface area contributed by atoms with E-state index in [9.17, 15) is 5.11 Å². The predicted octanol–water partition coefficient (Wildman–Crippen LogP) is 5.65. The van der Waals surface area contributed by atoms with Gasteiger partial charge in [-0.25, -0.2) is 0 Å². The summed E-state index contributed by atoms with van der Waals surface area (Å²) in [6, 6.07) is 8.60. The molecule has 24 heavy (non-hydrogen) atoms. The Hall–Kier alpha value is -0.860. The fourth-order valence-electron chi connectivity index (χ4n) is 4.15. The van der Waals surface area contributed by atoms with Crippen molar-refractivity contribution in [3.63, 3.8) is 0 Å². The van der Waals surface area contributed by atoms with Gasteiger partial charge in [0.2, 0.25) is 0 Å². The third kappa shape index (κ3) is 6.94. The second-order valence-corrected chi connectivity index (χ2v) is 7.40. The first-order valence-corrected chi connectivity index (χ1v) is 10.0. The van der Waals surface area contributed by atoms with Crippen molar-refractivity contribution < 1.29 is 5.11 Å². The minimum Gasteiger partial charge on any atom is -0.388 e. The van der Waals surface area contributed by atoms with Crippen LogP contribution in [0.3, 0.4) is 0 Å². The van der Waals surface area contributed by atoms with Crippen molar-refractivity contribution in [3.8, 4) is 0 Å². The van der Waals surface area contributed by atoms with E-state index in [1.807, 2.05) is 7.05 Å². The van der Waals surface area contributed by atoms with Crippen LogP contribution in [0.25, 0.3) is 0 Å². The molecule has 0 fully saturated rings. The van der Waals surface area contributed by atoms with Crippen LogP contribution in [-0.4, -0.2) is 18.7 Å². The standard InChI is InChI=1S/C22H39NO/c1-5-13-22(14-6-2,15-7-3)16-11-19-9-8-10-20(18-19)21(24)12-17-23-4/h8-10,18,21,23-24H,5-7,11-17H2,1-4H3/t21-/m1/s1. The highest BCUT2D eigenvalue weighted by atomic mass is 16.3. The lowest BCUT2D eigenvalue weighted by molar-refractivity contribution is 0.167. The topological polar surface area (TPSA) is 32.3 Å². The smallest absolute Gasteiger partial charge is 0.0802 e. The Balaban J connectivity index is 2.76. The Morgan fingerprint density at radius 1 is 1.00 bits per heavy atom. The molecule has 1 aromatic rings. The summed E-state index contributed by atoms with van der Waals surface area (Å²) >= 11 is 0. The van der Waals surface area contributed by atoms with Gasteiger partial charge in [-0.1, -0.05) is 64.3 Å². The van der Waals surface area contributed by atoms with Crippen LogP contribution in [0, 0.1) is 5.41 Å². The third-order valence-corrected chi connectivity index (χ3v) is 5.29. The van der Waals surface area contributed by atoms with Crippen LogP contribution in [0.5, 0.6) is 0 Å². The van der Waals surface area contributed by atoms with E-state index >= 15 is 0 Å². The van der Waals surface area contributed by atoms with Crippen molar-refractivity contribution in [2.75, 3.05) is 13.6 Å². The lowest BCUT2D eigenvalue weighted by Crippen LogP contribution is -2.21. The molecule has 1 aromatic carbocycles. The fourth-order valence-corrected chi connectivity index (χ4v) is 4.15. The predicted molar refractivity (Wildman–Crippen MR) is 105 cm³/mol. The molecule has 0 aliphatic carbocycles. The Kier molecular flexibility index (Phi) is 10.3. The van der Waals surface area contributed by atoms with Crippen molar-refractivity contribution in [1.82, 2.24) is 5.32 Å². The van der Waals surface area contributed by atoms with Gasteiger partial charge >= 0.3 is 0 Å². The molecule has 0 radical (unpaired) electrons. The number of nitrogens with one attached hydrogen (secondary N) is 1. The molecule has 0 aromatic heterocycles. The van der Waals surface area contributed by atoms with Gasteiger partial charge in [0.05, 0.1) is 6.10 Å². The molecule has 0 amide bonds. The SMILES string of the molecule is CCCC(CCC)(CCC)CCc1cccc([C@H](O)CCNC)c1. The van der Waals surface area contributed by atoms with Gasteiger partial charge in [-0.05, 0) is 68.7 Å². The molecule has 0 bridgehead atoms. The van der Waals surface area contributed by atoms with Crippen molar-refractivity contribution in [2.24, 2.45) is 5.41 Å². The molecule has 138 valence electrons. The number of rotatable bonds is 13. The maximum atomic E-state index is 10.3. The Bertz CT molecular complexity index is 426. The van der Waals surface area contributed by atoms with Crippen LogP contribution >= 0.6 is 0 Å². The van der Waals surface area contributed by atoms with Gasteiger partial charge in [0, 0.05) is 0 Å². The average Bonchev–Trinajstić information content (AvgIpc) is 2.59. The third-order valence-electron chi connectivity index (χ3n) is 5.29. The largest absolute Gasteiger partial charge is 0.388 e. The molecule has 2 nitrogen and oxygen atoms in total. The zero-order valence-corrected chi connectivity index (χ0v) is 16.4. The fraction of sp³-hybridized carbons (Fsp3) is 0.727. The molecular weight excluding hydrogens is 294 g/mol. The van der Waals surface area contributed by atoms with Crippen molar-refractivity contribution in [1.29, 1.82) is 0 Å². The zero-order chi connectivity index (χ0) is 17.8. The normalized spacial score (nSPS) is 13.2. The summed E-state index contributed by atoms with van der Waals surface area (Å²) in [6.07, 6.45) is 10.7. The highest BCUT2D eigenvalue weighted by molar-refractivity contribution is 5.25. The molecule has 0 saturated heterocycles. The second-order valence-electron chi connectivity index (χ2n) is 7.40. The lowest BCUT2D eigenvalue weighted by atomic mass is 9.72. The van der Waals surface area contributed by atoms with Gasteiger partial charge in [0.25, 0.3) is 0 Å². The molecule has 0 aliphatic heterocycles. The summed E-state index contributed by atoms with van der Waals surface area (Å²) in [7, 11) is 1.93. The zero-order valence-electron chi connectivity index (χ0n) is 16.4. The van der Waals surface area contributed by atoms with Crippen LogP contribution in [0.15, 0.2) is 24.3 Å². The van der Waals surface area contributed by atoms with Gasteiger partial charge in [-0.2, -0.15) is 0 Å². The van der Waals surface area contributed by atoms with Gasteiger partial charge in [-0.3, -0.25) is 0 Å². The summed E-state index contributed by atoms with van der Waals surface area (Å²) in [5.41, 5.74) is 2.96. The molecular formula is C22H39NO. The minimum atomic E-state index is -0.357. The lowest BCUT2D eigenvalue weighted by Gasteiger charge is -2.34. The molecule has 0 unspecified atom stereocenters. The Morgan fingerprint density at radius 3 is 2.17 bits per heavy atom. The molecule has 0 saturated carbocycles. The van der Waals surface area contributed by atoms with E-state index in [1.54, 1.807) is 0 Å². The van der Waals surface area contributed by atoms with Crippen LogP contribution < -0.4 is 5.32 Å². The van der Waals surface area contributed by atoms with E-state index < -0.39 is 0 Å². The van der Waals surface area contributed by atoms with Crippen LogP contribution in [0.1, 0.15) is 89.4 Å². The van der Waals surface area contributed by atoms with Crippen LogP contribution in [0.4, 0.5) is 0 Å². The molecule has 0 aliphatic rings. The summed E-state index contributed by atoms with van der Waals surface area (Å²) in [6.45, 7) is 7.80. The van der Waals surface area contributed by atoms with E-state index in [0.717, 1.165) is 24.9 Å². The van der Waals surface area contributed by atoms with E-state index in [1.165, 1.54) is 50.5 Å². The number of aryl methyl sites for hydroxylation is 1. The van der Waals surface area contributed by atoms with Gasteiger partial charge < -0.3 is 10.4 Å². The van der Waals surface area contributed by atoms with Crippen molar-refractivity contribution in [3.05, 3.63) is 35.4 Å². The maximum Gasteiger partial charge on any atom is 0.0802 e. The molecule has 2 N–H and O–H groups in total. The number of hydrogen-bond donors (Lipinski definition) is 2. The van der Waals surface area contributed by atoms with Gasteiger partial charge in [-0.15, -0.1) is 0 Å². The molecule has 2 heteroatoms. The van der Waals surface area contributed by atoms with Crippen molar-refractivity contribution in [2.45, 2.75) is 84.7 Å². The van der Waals surface area contributed by atoms with E-state index in [4.69, 9.17) is 0 Å². The van der Waals surface area contributed by atoms with E-state index in [-0.39, 0.29) is 6.10 Å². The summed E-state index contributed by atoms with van der Waals surface area (Å²) in [5, 5.41) is 13.4. The van der Waals surface area contributed by atoms with Crippen molar-refractivity contribution >= 4 is 0 Å². The highest BCUT2D eigenvalue weighted by Gasteiger charge is 2.26. The number of aliphatic hydroxyl groups is 1. The number of benzene rings is 1. The van der Waals surface area contributed by atoms with Gasteiger partial charge in [0.1, 0.15) is 0 Å². The Labute approximate surface area is 150 Å². The molecule has 0 heterocycles. The first kappa shape index (κ1) is 21.2. The molecule has 0 spiro atoms. The molecule has 1 atom stereocenters. The van der Waals surface area contributed by atoms with Gasteiger partial charge in [0.15, 0.2) is 0 Å². The van der Waals surface area contributed by atoms with E-state index in [0.29, 0.717) is 5.41 Å². The highest BCUT2D eigenvalue weighted by Crippen LogP contribution is 2.39. The van der Waals surface area contributed by atoms with E-state index in [2.05, 4.69) is 50.4 Å².